The Balaban J connectivity index is 2.89. The minimum absolute atomic E-state index is 0.0859. The van der Waals surface area contributed by atoms with Crippen molar-refractivity contribution in [2.75, 3.05) is 5.73 Å². The molecule has 0 saturated heterocycles. The largest absolute Gasteiger partial charge is 0.382 e. The molecule has 0 amide bonds. The number of nitrogens with zero attached hydrogens (tertiary/aromatic N) is 3. The topological polar surface area (TPSA) is 96.7 Å². The highest BCUT2D eigenvalue weighted by atomic mass is 16.5. The van der Waals surface area contributed by atoms with Gasteiger partial charge in [0, 0.05) is 6.20 Å². The van der Waals surface area contributed by atoms with Crippen molar-refractivity contribution in [1.29, 1.82) is 0 Å². The zero-order valence-electron chi connectivity index (χ0n) is 8.97. The zero-order valence-corrected chi connectivity index (χ0v) is 8.97. The summed E-state index contributed by atoms with van der Waals surface area (Å²) in [4.78, 5) is 8.05. The van der Waals surface area contributed by atoms with Crippen LogP contribution in [0, 0.1) is 13.8 Å². The van der Waals surface area contributed by atoms with Crippen molar-refractivity contribution in [3.8, 4) is 0 Å². The summed E-state index contributed by atoms with van der Waals surface area (Å²) in [6, 6.07) is 0. The molecule has 7 heteroatoms. The molecular weight excluding hydrogens is 207 g/mol. The fourth-order valence-corrected chi connectivity index (χ4v) is 1.70. The summed E-state index contributed by atoms with van der Waals surface area (Å²) in [6.45, 7) is 3.43. The predicted molar refractivity (Wildman–Crippen MR) is 58.7 cm³/mol. The molecular formula is C9H11BN4O2. The monoisotopic (exact) mass is 218 g/mol. The number of aromatic nitrogens is 3. The van der Waals surface area contributed by atoms with Gasteiger partial charge in [-0.15, -0.1) is 0 Å². The van der Waals surface area contributed by atoms with Gasteiger partial charge in [0.05, 0.1) is 11.4 Å². The Labute approximate surface area is 93.2 Å². The van der Waals surface area contributed by atoms with Crippen LogP contribution in [-0.4, -0.2) is 32.4 Å². The van der Waals surface area contributed by atoms with Crippen LogP contribution in [0.15, 0.2) is 6.20 Å². The highest BCUT2D eigenvalue weighted by Gasteiger charge is 2.26. The number of anilines is 1. The van der Waals surface area contributed by atoms with Gasteiger partial charge in [-0.1, -0.05) is 0 Å². The molecule has 4 N–H and O–H groups in total. The first kappa shape index (κ1) is 10.9. The van der Waals surface area contributed by atoms with E-state index >= 15 is 0 Å². The standard InChI is InChI=1S/C9H11BN4O2/c1-4-3-14-6(7(11)12-4)5(2)13-8(14)9(10,15)16/h3,15-16H,1-2H3,(H2,11,12). The van der Waals surface area contributed by atoms with Gasteiger partial charge in [-0.2, -0.15) is 0 Å². The Morgan fingerprint density at radius 3 is 2.56 bits per heavy atom. The molecule has 2 radical (unpaired) electrons. The molecule has 0 bridgehead atoms. The van der Waals surface area contributed by atoms with Crippen molar-refractivity contribution in [3.05, 3.63) is 23.4 Å². The first-order valence-corrected chi connectivity index (χ1v) is 4.66. The van der Waals surface area contributed by atoms with Crippen LogP contribution in [0.25, 0.3) is 5.52 Å². The van der Waals surface area contributed by atoms with E-state index in [2.05, 4.69) is 9.97 Å². The lowest BCUT2D eigenvalue weighted by molar-refractivity contribution is -0.0982. The fourth-order valence-electron chi connectivity index (χ4n) is 1.70. The maximum atomic E-state index is 9.37. The number of aryl methyl sites for hydroxylation is 2. The highest BCUT2D eigenvalue weighted by Crippen LogP contribution is 2.22. The molecule has 6 nitrogen and oxygen atoms in total. The van der Waals surface area contributed by atoms with Crippen LogP contribution in [0.5, 0.6) is 0 Å². The van der Waals surface area contributed by atoms with Gasteiger partial charge in [-0.05, 0) is 13.8 Å². The van der Waals surface area contributed by atoms with Gasteiger partial charge >= 0.3 is 0 Å². The van der Waals surface area contributed by atoms with Crippen molar-refractivity contribution in [2.45, 2.75) is 19.5 Å². The van der Waals surface area contributed by atoms with Crippen LogP contribution in [0.1, 0.15) is 17.2 Å². The number of aliphatic hydroxyl groups is 2. The Kier molecular flexibility index (Phi) is 2.18. The van der Waals surface area contributed by atoms with Gasteiger partial charge in [0.15, 0.2) is 19.4 Å². The average molecular weight is 218 g/mol. The van der Waals surface area contributed by atoms with Gasteiger partial charge in [-0.25, -0.2) is 9.97 Å². The quantitative estimate of drug-likeness (QED) is 0.429. The van der Waals surface area contributed by atoms with Gasteiger partial charge in [0.1, 0.15) is 11.3 Å². The molecule has 16 heavy (non-hydrogen) atoms. The Bertz CT molecular complexity index is 559. The Morgan fingerprint density at radius 2 is 2.00 bits per heavy atom. The third-order valence-corrected chi connectivity index (χ3v) is 2.27. The van der Waals surface area contributed by atoms with E-state index in [-0.39, 0.29) is 11.6 Å². The summed E-state index contributed by atoms with van der Waals surface area (Å²) in [6.07, 6.45) is 1.59. The predicted octanol–water partition coefficient (Wildman–Crippen LogP) is -0.808. The molecule has 0 aliphatic heterocycles. The van der Waals surface area contributed by atoms with Gasteiger partial charge in [0.2, 0.25) is 0 Å². The maximum absolute atomic E-state index is 9.37. The third-order valence-electron chi connectivity index (χ3n) is 2.27. The molecule has 0 atom stereocenters. The fraction of sp³-hybridized carbons (Fsp3) is 0.333. The number of hydrogen-bond donors (Lipinski definition) is 3. The van der Waals surface area contributed by atoms with E-state index in [0.29, 0.717) is 16.9 Å². The SMILES string of the molecule is [B]C(O)(O)c1nc(C)c2c(N)nc(C)cn12. The van der Waals surface area contributed by atoms with E-state index in [4.69, 9.17) is 13.6 Å². The number of rotatable bonds is 1. The number of hydrogen-bond acceptors (Lipinski definition) is 5. The normalized spacial score (nSPS) is 12.2. The lowest BCUT2D eigenvalue weighted by Crippen LogP contribution is -2.28. The molecule has 0 aromatic carbocycles. The first-order valence-electron chi connectivity index (χ1n) is 4.66. The van der Waals surface area contributed by atoms with Crippen molar-refractivity contribution in [2.24, 2.45) is 0 Å². The van der Waals surface area contributed by atoms with E-state index in [1.807, 2.05) is 0 Å². The highest BCUT2D eigenvalue weighted by molar-refractivity contribution is 6.12. The van der Waals surface area contributed by atoms with Crippen LogP contribution in [-0.2, 0) is 5.69 Å². The van der Waals surface area contributed by atoms with Crippen molar-refractivity contribution >= 4 is 19.2 Å². The molecule has 0 fully saturated rings. The molecule has 2 rings (SSSR count). The number of nitrogens with two attached hydrogens (primary N) is 1. The molecule has 2 aromatic rings. The van der Waals surface area contributed by atoms with Crippen LogP contribution < -0.4 is 5.73 Å². The minimum atomic E-state index is -2.50. The lowest BCUT2D eigenvalue weighted by Gasteiger charge is -2.15. The van der Waals surface area contributed by atoms with Crippen LogP contribution >= 0.6 is 0 Å². The van der Waals surface area contributed by atoms with Crippen LogP contribution in [0.2, 0.25) is 0 Å². The van der Waals surface area contributed by atoms with Crippen molar-refractivity contribution in [1.82, 2.24) is 14.4 Å². The molecule has 82 valence electrons. The zero-order chi connectivity index (χ0) is 12.1. The Hall–Kier alpha value is -1.60. The molecule has 2 heterocycles. The second-order valence-corrected chi connectivity index (χ2v) is 3.73. The van der Waals surface area contributed by atoms with E-state index < -0.39 is 5.69 Å². The summed E-state index contributed by atoms with van der Waals surface area (Å²) in [5.74, 6) is 0.192. The van der Waals surface area contributed by atoms with Crippen LogP contribution in [0.3, 0.4) is 0 Å². The van der Waals surface area contributed by atoms with Crippen molar-refractivity contribution in [3.63, 3.8) is 0 Å². The Morgan fingerprint density at radius 1 is 1.38 bits per heavy atom. The van der Waals surface area contributed by atoms with E-state index in [9.17, 15) is 10.2 Å². The van der Waals surface area contributed by atoms with Crippen LogP contribution in [0.4, 0.5) is 5.82 Å². The lowest BCUT2D eigenvalue weighted by atomic mass is 9.94. The number of imidazole rings is 1. The second-order valence-electron chi connectivity index (χ2n) is 3.73. The van der Waals surface area contributed by atoms with Gasteiger partial charge < -0.3 is 15.9 Å². The molecule has 0 spiro atoms. The summed E-state index contributed by atoms with van der Waals surface area (Å²) in [5, 5.41) is 18.7. The van der Waals surface area contributed by atoms with E-state index in [0.717, 1.165) is 0 Å². The molecule has 0 unspecified atom stereocenters. The minimum Gasteiger partial charge on any atom is -0.382 e. The smallest absolute Gasteiger partial charge is 0.171 e. The maximum Gasteiger partial charge on any atom is 0.171 e. The van der Waals surface area contributed by atoms with Gasteiger partial charge in [-0.3, -0.25) is 4.40 Å². The van der Waals surface area contributed by atoms with E-state index in [1.54, 1.807) is 20.0 Å². The third kappa shape index (κ3) is 1.54. The average Bonchev–Trinajstić information content (AvgIpc) is 2.41. The summed E-state index contributed by atoms with van der Waals surface area (Å²) >= 11 is 0. The molecule has 2 aromatic heterocycles. The molecule has 0 aliphatic carbocycles. The molecule has 0 saturated carbocycles. The van der Waals surface area contributed by atoms with Gasteiger partial charge in [0.25, 0.3) is 0 Å². The molecule has 0 aliphatic rings. The number of nitrogen functional groups attached to an aromatic ring is 1. The summed E-state index contributed by atoms with van der Waals surface area (Å²) in [5.41, 5.74) is 4.93. The summed E-state index contributed by atoms with van der Waals surface area (Å²) < 4.78 is 1.44. The van der Waals surface area contributed by atoms with Crippen molar-refractivity contribution < 1.29 is 10.2 Å². The summed E-state index contributed by atoms with van der Waals surface area (Å²) in [7, 11) is 5.20. The second kappa shape index (κ2) is 3.20. The first-order chi connectivity index (χ1) is 7.30. The van der Waals surface area contributed by atoms with E-state index in [1.165, 1.54) is 4.40 Å². The number of fused-ring (bicyclic) bond motifs is 1.